The number of hydrogen-bond donors (Lipinski definition) is 2. The first-order valence-electron chi connectivity index (χ1n) is 7.36. The van der Waals surface area contributed by atoms with Gasteiger partial charge in [-0.25, -0.2) is 9.59 Å². The van der Waals surface area contributed by atoms with Gasteiger partial charge < -0.3 is 20.2 Å². The van der Waals surface area contributed by atoms with E-state index in [1.54, 1.807) is 19.0 Å². The lowest BCUT2D eigenvalue weighted by molar-refractivity contribution is -0.142. The van der Waals surface area contributed by atoms with Gasteiger partial charge in [0, 0.05) is 33.1 Å². The van der Waals surface area contributed by atoms with Crippen LogP contribution in [0.5, 0.6) is 0 Å². The van der Waals surface area contributed by atoms with Crippen LogP contribution in [0.4, 0.5) is 4.79 Å². The predicted molar refractivity (Wildman–Crippen MR) is 77.9 cm³/mol. The molecule has 7 heteroatoms. The van der Waals surface area contributed by atoms with Crippen molar-refractivity contribution in [3.8, 4) is 0 Å². The molecule has 0 aromatic carbocycles. The molecule has 0 aliphatic carbocycles. The van der Waals surface area contributed by atoms with Crippen molar-refractivity contribution in [3.63, 3.8) is 0 Å². The highest BCUT2D eigenvalue weighted by Gasteiger charge is 2.30. The summed E-state index contributed by atoms with van der Waals surface area (Å²) in [5.74, 6) is -1.42. The molecular weight excluding hydrogens is 274 g/mol. The lowest BCUT2D eigenvalue weighted by Gasteiger charge is -2.33. The van der Waals surface area contributed by atoms with Crippen LogP contribution in [0, 0.1) is 5.92 Å². The summed E-state index contributed by atoms with van der Waals surface area (Å²) in [6, 6.07) is -0.868. The molecule has 0 saturated carbocycles. The van der Waals surface area contributed by atoms with Gasteiger partial charge in [-0.2, -0.15) is 0 Å². The number of carboxylic acids is 1. The van der Waals surface area contributed by atoms with Crippen LogP contribution in [0.15, 0.2) is 0 Å². The number of likely N-dealkylation sites (tertiary alicyclic amines) is 1. The Morgan fingerprint density at radius 2 is 1.86 bits per heavy atom. The molecule has 1 atom stereocenters. The number of aliphatic carboxylic acids is 1. The highest BCUT2D eigenvalue weighted by atomic mass is 16.4. The Morgan fingerprint density at radius 1 is 1.29 bits per heavy atom. The van der Waals surface area contributed by atoms with Crippen molar-refractivity contribution in [2.75, 3.05) is 27.2 Å². The van der Waals surface area contributed by atoms with Gasteiger partial charge in [-0.15, -0.1) is 0 Å². The lowest BCUT2D eigenvalue weighted by atomic mass is 9.95. The summed E-state index contributed by atoms with van der Waals surface area (Å²) in [4.78, 5) is 38.2. The van der Waals surface area contributed by atoms with E-state index in [4.69, 9.17) is 5.11 Å². The Bertz CT molecular complexity index is 390. The van der Waals surface area contributed by atoms with Gasteiger partial charge in [-0.05, 0) is 19.3 Å². The molecule has 2 N–H and O–H groups in total. The van der Waals surface area contributed by atoms with Crippen molar-refractivity contribution >= 4 is 17.9 Å². The van der Waals surface area contributed by atoms with Crippen molar-refractivity contribution in [1.29, 1.82) is 0 Å². The van der Waals surface area contributed by atoms with Gasteiger partial charge >= 0.3 is 12.0 Å². The summed E-state index contributed by atoms with van der Waals surface area (Å²) in [7, 11) is 3.40. The number of nitrogens with zero attached hydrogens (tertiary/aromatic N) is 2. The van der Waals surface area contributed by atoms with Crippen LogP contribution in [-0.4, -0.2) is 66.0 Å². The van der Waals surface area contributed by atoms with Crippen LogP contribution in [0.3, 0.4) is 0 Å². The number of carbonyl (C=O) groups is 3. The molecule has 3 amide bonds. The second kappa shape index (κ2) is 7.85. The summed E-state index contributed by atoms with van der Waals surface area (Å²) in [6.07, 6.45) is 2.28. The first kappa shape index (κ1) is 17.3. The van der Waals surface area contributed by atoms with Crippen LogP contribution in [0.25, 0.3) is 0 Å². The minimum absolute atomic E-state index is 0.0525. The zero-order valence-electron chi connectivity index (χ0n) is 13.0. The Morgan fingerprint density at radius 3 is 2.29 bits per heavy atom. The first-order chi connectivity index (χ1) is 9.86. The SMILES string of the molecule is CCCC(NC(=O)C1CCN(C(=O)N(C)C)CC1)C(=O)O. The maximum atomic E-state index is 12.1. The summed E-state index contributed by atoms with van der Waals surface area (Å²) in [5.41, 5.74) is 0. The fourth-order valence-corrected chi connectivity index (χ4v) is 2.45. The zero-order valence-corrected chi connectivity index (χ0v) is 13.0. The largest absolute Gasteiger partial charge is 0.480 e. The van der Waals surface area contributed by atoms with E-state index >= 15 is 0 Å². The molecule has 1 aliphatic heterocycles. The molecule has 120 valence electrons. The number of rotatable bonds is 5. The maximum Gasteiger partial charge on any atom is 0.326 e. The van der Waals surface area contributed by atoms with Gasteiger partial charge in [0.25, 0.3) is 0 Å². The molecule has 1 unspecified atom stereocenters. The Kier molecular flexibility index (Phi) is 6.45. The molecule has 1 rings (SSSR count). The number of amides is 3. The van der Waals surface area contributed by atoms with Crippen molar-refractivity contribution in [2.24, 2.45) is 5.92 Å². The molecule has 21 heavy (non-hydrogen) atoms. The molecule has 7 nitrogen and oxygen atoms in total. The van der Waals surface area contributed by atoms with Crippen molar-refractivity contribution in [3.05, 3.63) is 0 Å². The molecule has 1 aliphatic rings. The average molecular weight is 299 g/mol. The fourth-order valence-electron chi connectivity index (χ4n) is 2.45. The van der Waals surface area contributed by atoms with Crippen LogP contribution in [0.1, 0.15) is 32.6 Å². The maximum absolute atomic E-state index is 12.1. The molecule has 0 aromatic heterocycles. The molecule has 1 saturated heterocycles. The van der Waals surface area contributed by atoms with Crippen LogP contribution in [-0.2, 0) is 9.59 Å². The molecule has 0 aromatic rings. The standard InChI is InChI=1S/C14H25N3O4/c1-4-5-11(13(19)20)15-12(18)10-6-8-17(9-7-10)14(21)16(2)3/h10-11H,4-9H2,1-3H3,(H,15,18)(H,19,20). The van der Waals surface area contributed by atoms with E-state index in [-0.39, 0.29) is 17.9 Å². The van der Waals surface area contributed by atoms with Crippen molar-refractivity contribution < 1.29 is 19.5 Å². The highest BCUT2D eigenvalue weighted by Crippen LogP contribution is 2.18. The average Bonchev–Trinajstić information content (AvgIpc) is 2.45. The molecule has 1 fully saturated rings. The normalized spacial score (nSPS) is 17.2. The lowest BCUT2D eigenvalue weighted by Crippen LogP contribution is -2.49. The van der Waals surface area contributed by atoms with Crippen LogP contribution >= 0.6 is 0 Å². The minimum Gasteiger partial charge on any atom is -0.480 e. The van der Waals surface area contributed by atoms with E-state index in [9.17, 15) is 14.4 Å². The second-order valence-corrected chi connectivity index (χ2v) is 5.63. The fraction of sp³-hybridized carbons (Fsp3) is 0.786. The topological polar surface area (TPSA) is 90.0 Å². The minimum atomic E-state index is -0.995. The van der Waals surface area contributed by atoms with Crippen LogP contribution in [0.2, 0.25) is 0 Å². The summed E-state index contributed by atoms with van der Waals surface area (Å²) >= 11 is 0. The second-order valence-electron chi connectivity index (χ2n) is 5.63. The Hall–Kier alpha value is -1.79. The van der Waals surface area contributed by atoms with Crippen molar-refractivity contribution in [2.45, 2.75) is 38.6 Å². The molecular formula is C14H25N3O4. The number of carboxylic acid groups (broad SMARTS) is 1. The van der Waals surface area contributed by atoms with Gasteiger partial charge in [0.1, 0.15) is 6.04 Å². The smallest absolute Gasteiger partial charge is 0.326 e. The third-order valence-corrected chi connectivity index (χ3v) is 3.71. The van der Waals surface area contributed by atoms with Gasteiger partial charge in [-0.3, -0.25) is 4.79 Å². The highest BCUT2D eigenvalue weighted by molar-refractivity contribution is 5.85. The summed E-state index contributed by atoms with van der Waals surface area (Å²) < 4.78 is 0. The number of hydrogen-bond acceptors (Lipinski definition) is 3. The summed E-state index contributed by atoms with van der Waals surface area (Å²) in [5, 5.41) is 11.7. The quantitative estimate of drug-likeness (QED) is 0.784. The van der Waals surface area contributed by atoms with E-state index in [0.717, 1.165) is 0 Å². The van der Waals surface area contributed by atoms with E-state index in [1.165, 1.54) is 4.90 Å². The molecule has 0 radical (unpaired) electrons. The first-order valence-corrected chi connectivity index (χ1v) is 7.36. The monoisotopic (exact) mass is 299 g/mol. The van der Waals surface area contributed by atoms with Crippen LogP contribution < -0.4 is 5.32 Å². The Labute approximate surface area is 125 Å². The third kappa shape index (κ3) is 4.91. The Balaban J connectivity index is 2.48. The van der Waals surface area contributed by atoms with E-state index < -0.39 is 12.0 Å². The van der Waals surface area contributed by atoms with Gasteiger partial charge in [0.15, 0.2) is 0 Å². The summed E-state index contributed by atoms with van der Waals surface area (Å²) in [6.45, 7) is 2.94. The number of nitrogens with one attached hydrogen (secondary N) is 1. The van der Waals surface area contributed by atoms with Gasteiger partial charge in [-0.1, -0.05) is 13.3 Å². The molecule has 0 spiro atoms. The number of carbonyl (C=O) groups excluding carboxylic acids is 2. The van der Waals surface area contributed by atoms with E-state index in [0.29, 0.717) is 38.8 Å². The predicted octanol–water partition coefficient (Wildman–Crippen LogP) is 0.750. The molecule has 0 bridgehead atoms. The number of urea groups is 1. The third-order valence-electron chi connectivity index (χ3n) is 3.71. The van der Waals surface area contributed by atoms with E-state index in [1.807, 2.05) is 6.92 Å². The zero-order chi connectivity index (χ0) is 16.0. The van der Waals surface area contributed by atoms with E-state index in [2.05, 4.69) is 5.32 Å². The number of piperidine rings is 1. The molecule has 1 heterocycles. The van der Waals surface area contributed by atoms with Gasteiger partial charge in [0.2, 0.25) is 5.91 Å². The van der Waals surface area contributed by atoms with Gasteiger partial charge in [0.05, 0.1) is 0 Å². The van der Waals surface area contributed by atoms with Crippen molar-refractivity contribution in [1.82, 2.24) is 15.1 Å².